The quantitative estimate of drug-likeness (QED) is 0.0271. The smallest absolute Gasteiger partial charge is 0.314 e. The monoisotopic (exact) mass is 1210 g/mol. The minimum atomic E-state index is -0.466. The average molecular weight is 1210 g/mol. The Balaban J connectivity index is 0.000000290. The van der Waals surface area contributed by atoms with Crippen molar-refractivity contribution in [1.29, 1.82) is 0 Å². The molecular weight excluding hydrogens is 1120 g/mol. The number of hydrogen-bond donors (Lipinski definition) is 5. The summed E-state index contributed by atoms with van der Waals surface area (Å²) in [5.74, 6) is 0.586. The highest BCUT2D eigenvalue weighted by Crippen LogP contribution is 2.32. The van der Waals surface area contributed by atoms with Crippen molar-refractivity contribution in [3.8, 4) is 34.5 Å². The minimum Gasteiger partial charge on any atom is -0.508 e. The summed E-state index contributed by atoms with van der Waals surface area (Å²) < 4.78 is 26.3. The number of ether oxygens (including phenoxy) is 5. The molecule has 0 aliphatic carbocycles. The molecular formula is C73H94O15. The molecule has 5 N–H and O–H groups in total. The fraction of sp³-hybridized carbons (Fsp3) is 0.411. The van der Waals surface area contributed by atoms with Crippen LogP contribution in [0.2, 0.25) is 0 Å². The van der Waals surface area contributed by atoms with Crippen molar-refractivity contribution >= 4 is 51.4 Å². The molecule has 15 nitrogen and oxygen atoms in total. The molecule has 7 aromatic rings. The molecule has 88 heavy (non-hydrogen) atoms. The van der Waals surface area contributed by atoms with Gasteiger partial charge in [-0.1, -0.05) is 133 Å². The zero-order valence-corrected chi connectivity index (χ0v) is 54.2. The van der Waals surface area contributed by atoms with Crippen molar-refractivity contribution in [2.45, 2.75) is 162 Å². The van der Waals surface area contributed by atoms with Crippen LogP contribution in [0.25, 0.3) is 21.5 Å². The van der Waals surface area contributed by atoms with E-state index in [-0.39, 0.29) is 90.3 Å². The third-order valence-electron chi connectivity index (χ3n) is 15.6. The number of benzene rings is 7. The topological polar surface area (TPSA) is 233 Å². The van der Waals surface area contributed by atoms with Crippen LogP contribution >= 0.6 is 0 Å². The van der Waals surface area contributed by atoms with Gasteiger partial charge in [-0.25, -0.2) is 0 Å². The average Bonchev–Trinajstić information content (AvgIpc) is 3.72. The number of aryl methyl sites for hydroxylation is 2. The van der Waals surface area contributed by atoms with Gasteiger partial charge in [0.1, 0.15) is 54.3 Å². The zero-order valence-electron chi connectivity index (χ0n) is 54.2. The Hall–Kier alpha value is -8.59. The molecule has 0 bridgehead atoms. The zero-order chi connectivity index (χ0) is 65.9. The normalized spacial score (nSPS) is 11.7. The Labute approximate surface area is 520 Å². The molecule has 0 spiro atoms. The van der Waals surface area contributed by atoms with Gasteiger partial charge in [-0.15, -0.1) is 0 Å². The lowest BCUT2D eigenvalue weighted by molar-refractivity contribution is -0.156. The number of fused-ring (bicyclic) bond motifs is 2. The van der Waals surface area contributed by atoms with Gasteiger partial charge in [0.05, 0.1) is 34.7 Å². The number of phenols is 5. The largest absolute Gasteiger partial charge is 0.508 e. The molecule has 476 valence electrons. The van der Waals surface area contributed by atoms with Gasteiger partial charge in [-0.05, 0) is 180 Å². The molecule has 0 fully saturated rings. The van der Waals surface area contributed by atoms with Crippen molar-refractivity contribution in [1.82, 2.24) is 0 Å². The summed E-state index contributed by atoms with van der Waals surface area (Å²) in [7, 11) is 0. The molecule has 7 rings (SSSR count). The fourth-order valence-electron chi connectivity index (χ4n) is 7.62. The number of carbonyl (C=O) groups is 5. The summed E-state index contributed by atoms with van der Waals surface area (Å²) in [5.41, 5.74) is 3.83. The molecule has 0 radical (unpaired) electrons. The number of carbonyl (C=O) groups excluding carboxylic acids is 5. The number of rotatable bonds is 20. The van der Waals surface area contributed by atoms with Crippen molar-refractivity contribution < 1.29 is 73.2 Å². The van der Waals surface area contributed by atoms with E-state index in [1.165, 1.54) is 0 Å². The lowest BCUT2D eigenvalue weighted by atomic mass is 9.91. The highest BCUT2D eigenvalue weighted by Gasteiger charge is 2.29. The van der Waals surface area contributed by atoms with Crippen molar-refractivity contribution in [2.75, 3.05) is 6.61 Å². The first-order chi connectivity index (χ1) is 41.4. The second-order valence-corrected chi connectivity index (χ2v) is 23.7. The van der Waals surface area contributed by atoms with Crippen LogP contribution in [0, 0.1) is 41.9 Å². The Morgan fingerprint density at radius 1 is 0.432 bits per heavy atom. The van der Waals surface area contributed by atoms with Gasteiger partial charge < -0.3 is 49.2 Å². The molecule has 15 heteroatoms. The third kappa shape index (κ3) is 23.3. The summed E-state index contributed by atoms with van der Waals surface area (Å²) in [5, 5.41) is 50.9. The molecule has 0 saturated heterocycles. The van der Waals surface area contributed by atoms with E-state index in [9.17, 15) is 39.3 Å². The van der Waals surface area contributed by atoms with E-state index in [4.69, 9.17) is 33.9 Å². The van der Waals surface area contributed by atoms with Gasteiger partial charge in [0.25, 0.3) is 0 Å². The standard InChI is InChI=1S/C18H22O3.C17H20O3.2C13H18O3.C12H16O3/c1-4-18(2,3)17(20)21-12-11-13-7-5-9-15-14(13)8-6-10-16(15)19;1-4-17(2,3)16(19)20-11-12-9-10-15(18)14-8-6-5-7-13(12)14;1-5-8(2)13(15)16-11-6-9(3)12(14)10(4)7-11;1-4-13(2,3)12(15)16-9-10-5-7-11(14)8-6-10;1-3-9(2)12(14)15-8-10-4-6-11(13)7-5-10/h5-10,19H,4,11-12H2,1-3H3;5-10,18H,4,11H2,1-3H3;6-8,14H,5H2,1-4H3;5-8,14H,4,9H2,1-3H3;4-7,9,13H,3,8H2,1-2H3. The molecule has 0 aromatic heterocycles. The molecule has 2 atom stereocenters. The van der Waals surface area contributed by atoms with Crippen LogP contribution in [-0.4, -0.2) is 62.0 Å². The number of hydrogen-bond acceptors (Lipinski definition) is 15. The molecule has 2 unspecified atom stereocenters. The van der Waals surface area contributed by atoms with Crippen LogP contribution in [0.1, 0.15) is 155 Å². The van der Waals surface area contributed by atoms with Crippen molar-refractivity contribution in [3.63, 3.8) is 0 Å². The fourth-order valence-corrected chi connectivity index (χ4v) is 7.62. The van der Waals surface area contributed by atoms with E-state index in [0.717, 1.165) is 75.9 Å². The first kappa shape index (κ1) is 73.7. The molecule has 0 heterocycles. The predicted molar refractivity (Wildman–Crippen MR) is 346 cm³/mol. The number of esters is 5. The highest BCUT2D eigenvalue weighted by molar-refractivity contribution is 5.92. The lowest BCUT2D eigenvalue weighted by Crippen LogP contribution is -2.26. The van der Waals surface area contributed by atoms with Crippen LogP contribution < -0.4 is 4.74 Å². The lowest BCUT2D eigenvalue weighted by Gasteiger charge is -2.20. The first-order valence-electron chi connectivity index (χ1n) is 30.1. The first-order valence-corrected chi connectivity index (χ1v) is 30.1. The molecule has 0 saturated carbocycles. The summed E-state index contributed by atoms with van der Waals surface area (Å²) in [6, 6.07) is 38.9. The van der Waals surface area contributed by atoms with Gasteiger partial charge in [-0.2, -0.15) is 0 Å². The van der Waals surface area contributed by atoms with Gasteiger partial charge in [-0.3, -0.25) is 24.0 Å². The second kappa shape index (κ2) is 35.3. The summed E-state index contributed by atoms with van der Waals surface area (Å²) in [6.45, 7) is 29.4. The number of aromatic hydroxyl groups is 5. The van der Waals surface area contributed by atoms with Crippen molar-refractivity contribution in [3.05, 3.63) is 167 Å². The molecule has 0 aliphatic heterocycles. The van der Waals surface area contributed by atoms with Crippen LogP contribution in [0.15, 0.2) is 133 Å². The maximum Gasteiger partial charge on any atom is 0.314 e. The van der Waals surface area contributed by atoms with Crippen LogP contribution in [0.5, 0.6) is 34.5 Å². The molecule has 7 aromatic carbocycles. The van der Waals surface area contributed by atoms with Gasteiger partial charge in [0.2, 0.25) is 0 Å². The maximum absolute atomic E-state index is 12.0. The van der Waals surface area contributed by atoms with Gasteiger partial charge in [0.15, 0.2) is 0 Å². The van der Waals surface area contributed by atoms with Gasteiger partial charge >= 0.3 is 29.8 Å². The Morgan fingerprint density at radius 3 is 1.32 bits per heavy atom. The molecule has 0 amide bonds. The maximum atomic E-state index is 12.0. The number of phenolic OH excluding ortho intramolecular Hbond substituents is 5. The Morgan fingerprint density at radius 2 is 0.830 bits per heavy atom. The van der Waals surface area contributed by atoms with Crippen LogP contribution in [0.3, 0.4) is 0 Å². The summed E-state index contributed by atoms with van der Waals surface area (Å²) in [6.07, 6.45) is 4.44. The molecule has 0 aliphatic rings. The van der Waals surface area contributed by atoms with E-state index in [1.807, 2.05) is 145 Å². The Kier molecular flexibility index (Phi) is 29.5. The minimum absolute atomic E-state index is 0.0536. The van der Waals surface area contributed by atoms with Crippen LogP contribution in [0.4, 0.5) is 0 Å². The Bertz CT molecular complexity index is 3340. The predicted octanol–water partition coefficient (Wildman–Crippen LogP) is 16.4. The SMILES string of the molecule is CCC(C)(C)C(=O)OCCc1cccc2c(O)cccc12.CCC(C)(C)C(=O)OCc1ccc(O)c2ccccc12.CCC(C)(C)C(=O)OCc1ccc(O)cc1.CCC(C)C(=O)OCc1ccc(O)cc1.CCC(C)C(=O)Oc1cc(C)c(O)c(C)c1. The second-order valence-electron chi connectivity index (χ2n) is 23.7. The third-order valence-corrected chi connectivity index (χ3v) is 15.6. The summed E-state index contributed by atoms with van der Waals surface area (Å²) in [4.78, 5) is 58.5. The summed E-state index contributed by atoms with van der Waals surface area (Å²) >= 11 is 0. The van der Waals surface area contributed by atoms with E-state index in [0.29, 0.717) is 29.9 Å². The van der Waals surface area contributed by atoms with E-state index in [2.05, 4.69) is 0 Å². The highest BCUT2D eigenvalue weighted by atomic mass is 16.5. The van der Waals surface area contributed by atoms with Gasteiger partial charge in [0, 0.05) is 17.2 Å². The van der Waals surface area contributed by atoms with Crippen molar-refractivity contribution in [2.24, 2.45) is 28.1 Å². The van der Waals surface area contributed by atoms with Crippen LogP contribution in [-0.2, 0) is 69.2 Å². The van der Waals surface area contributed by atoms with E-state index >= 15 is 0 Å². The van der Waals surface area contributed by atoms with E-state index < -0.39 is 16.2 Å². The van der Waals surface area contributed by atoms with E-state index in [1.54, 1.807) is 92.7 Å².